The predicted octanol–water partition coefficient (Wildman–Crippen LogP) is 0.501. The highest BCUT2D eigenvalue weighted by molar-refractivity contribution is 5.93. The van der Waals surface area contributed by atoms with E-state index >= 15 is 0 Å². The van der Waals surface area contributed by atoms with Gasteiger partial charge in [0, 0.05) is 31.0 Å². The minimum Gasteiger partial charge on any atom is -0.480 e. The summed E-state index contributed by atoms with van der Waals surface area (Å²) in [6.45, 7) is 3.77. The molecule has 1 amide bonds. The lowest BCUT2D eigenvalue weighted by atomic mass is 10.2. The molecular formula is C13H17N5O3. The van der Waals surface area contributed by atoms with Crippen LogP contribution >= 0.6 is 0 Å². The van der Waals surface area contributed by atoms with Gasteiger partial charge in [-0.2, -0.15) is 10.2 Å². The van der Waals surface area contributed by atoms with E-state index in [0.29, 0.717) is 12.1 Å². The molecule has 2 aromatic heterocycles. The lowest BCUT2D eigenvalue weighted by Crippen LogP contribution is -2.23. The Kier molecular flexibility index (Phi) is 4.06. The van der Waals surface area contributed by atoms with E-state index in [4.69, 9.17) is 5.11 Å². The SMILES string of the molecule is Cc1c(CNC(=O)c2cnn(C(C)C(=O)O)c2)cnn1C. The summed E-state index contributed by atoms with van der Waals surface area (Å²) in [7, 11) is 1.83. The molecule has 0 aliphatic heterocycles. The van der Waals surface area contributed by atoms with Crippen molar-refractivity contribution in [3.05, 3.63) is 35.4 Å². The molecule has 0 bridgehead atoms. The van der Waals surface area contributed by atoms with Gasteiger partial charge in [-0.3, -0.25) is 14.2 Å². The average Bonchev–Trinajstić information content (AvgIpc) is 3.05. The third-order valence-electron chi connectivity index (χ3n) is 3.39. The van der Waals surface area contributed by atoms with E-state index in [0.717, 1.165) is 11.3 Å². The maximum Gasteiger partial charge on any atom is 0.328 e. The number of carboxylic acids is 1. The van der Waals surface area contributed by atoms with Crippen LogP contribution in [0.3, 0.4) is 0 Å². The van der Waals surface area contributed by atoms with E-state index in [-0.39, 0.29) is 5.91 Å². The van der Waals surface area contributed by atoms with Crippen LogP contribution in [0.2, 0.25) is 0 Å². The van der Waals surface area contributed by atoms with Crippen LogP contribution in [0.5, 0.6) is 0 Å². The number of aliphatic carboxylic acids is 1. The van der Waals surface area contributed by atoms with Gasteiger partial charge in [0.05, 0.1) is 18.0 Å². The molecule has 2 rings (SSSR count). The van der Waals surface area contributed by atoms with Crippen LogP contribution in [0.4, 0.5) is 0 Å². The molecule has 0 aliphatic carbocycles. The van der Waals surface area contributed by atoms with Gasteiger partial charge < -0.3 is 10.4 Å². The van der Waals surface area contributed by atoms with Gasteiger partial charge in [-0.1, -0.05) is 0 Å². The Morgan fingerprint density at radius 2 is 2.10 bits per heavy atom. The van der Waals surface area contributed by atoms with Crippen LogP contribution in [-0.2, 0) is 18.4 Å². The zero-order valence-electron chi connectivity index (χ0n) is 12.1. The van der Waals surface area contributed by atoms with Crippen molar-refractivity contribution in [2.75, 3.05) is 0 Å². The topological polar surface area (TPSA) is 102 Å². The van der Waals surface area contributed by atoms with Crippen LogP contribution in [-0.4, -0.2) is 36.5 Å². The van der Waals surface area contributed by atoms with E-state index < -0.39 is 12.0 Å². The quantitative estimate of drug-likeness (QED) is 0.835. The molecular weight excluding hydrogens is 274 g/mol. The lowest BCUT2D eigenvalue weighted by Gasteiger charge is -2.05. The largest absolute Gasteiger partial charge is 0.480 e. The Labute approximate surface area is 121 Å². The molecule has 2 N–H and O–H groups in total. The average molecular weight is 291 g/mol. The first-order chi connectivity index (χ1) is 9.90. The second-order valence-corrected chi connectivity index (χ2v) is 4.78. The fourth-order valence-electron chi connectivity index (χ4n) is 1.78. The van der Waals surface area contributed by atoms with Gasteiger partial charge in [-0.25, -0.2) is 4.79 Å². The summed E-state index contributed by atoms with van der Waals surface area (Å²) in [5.74, 6) is -1.31. The standard InChI is InChI=1S/C13H17N5O3/c1-8-10(5-15-17(8)3)4-14-12(19)11-6-16-18(7-11)9(2)13(20)21/h5-7,9H,4H2,1-3H3,(H,14,19)(H,20,21). The van der Waals surface area contributed by atoms with Crippen molar-refractivity contribution in [2.45, 2.75) is 26.4 Å². The molecule has 0 saturated heterocycles. The second kappa shape index (κ2) is 5.78. The van der Waals surface area contributed by atoms with E-state index in [1.54, 1.807) is 10.9 Å². The first kappa shape index (κ1) is 14.8. The number of carbonyl (C=O) groups excluding carboxylic acids is 1. The molecule has 0 radical (unpaired) electrons. The number of amides is 1. The number of nitrogens with one attached hydrogen (secondary N) is 1. The van der Waals surface area contributed by atoms with Crippen molar-refractivity contribution < 1.29 is 14.7 Å². The van der Waals surface area contributed by atoms with E-state index in [9.17, 15) is 9.59 Å². The Balaban J connectivity index is 2.01. The summed E-state index contributed by atoms with van der Waals surface area (Å²) < 4.78 is 2.97. The van der Waals surface area contributed by atoms with Crippen molar-refractivity contribution in [3.63, 3.8) is 0 Å². The molecule has 8 heteroatoms. The fourth-order valence-corrected chi connectivity index (χ4v) is 1.78. The van der Waals surface area contributed by atoms with E-state index in [1.165, 1.54) is 24.0 Å². The van der Waals surface area contributed by atoms with Gasteiger partial charge in [-0.15, -0.1) is 0 Å². The summed E-state index contributed by atoms with van der Waals surface area (Å²) in [5, 5.41) is 19.6. The summed E-state index contributed by atoms with van der Waals surface area (Å²) in [6, 6.07) is -0.813. The van der Waals surface area contributed by atoms with Crippen LogP contribution in [0.15, 0.2) is 18.6 Å². The highest BCUT2D eigenvalue weighted by atomic mass is 16.4. The maximum absolute atomic E-state index is 12.0. The first-order valence-electron chi connectivity index (χ1n) is 6.42. The summed E-state index contributed by atoms with van der Waals surface area (Å²) in [5.41, 5.74) is 2.23. The van der Waals surface area contributed by atoms with Gasteiger partial charge in [0.1, 0.15) is 6.04 Å². The van der Waals surface area contributed by atoms with Gasteiger partial charge in [0.25, 0.3) is 5.91 Å². The molecule has 1 unspecified atom stereocenters. The van der Waals surface area contributed by atoms with Crippen LogP contribution < -0.4 is 5.32 Å². The molecule has 2 aromatic rings. The Hall–Kier alpha value is -2.64. The summed E-state index contributed by atoms with van der Waals surface area (Å²) in [6.07, 6.45) is 4.47. The third kappa shape index (κ3) is 3.10. The first-order valence-corrected chi connectivity index (χ1v) is 6.42. The van der Waals surface area contributed by atoms with Gasteiger partial charge in [-0.05, 0) is 13.8 Å². The number of hydrogen-bond acceptors (Lipinski definition) is 4. The van der Waals surface area contributed by atoms with Gasteiger partial charge in [0.15, 0.2) is 0 Å². The molecule has 0 aliphatic rings. The predicted molar refractivity (Wildman–Crippen MR) is 73.7 cm³/mol. The Morgan fingerprint density at radius 3 is 2.67 bits per heavy atom. The van der Waals surface area contributed by atoms with Crippen molar-refractivity contribution in [1.82, 2.24) is 24.9 Å². The molecule has 0 fully saturated rings. The highest BCUT2D eigenvalue weighted by Crippen LogP contribution is 2.08. The number of carboxylic acid groups (broad SMARTS) is 1. The monoisotopic (exact) mass is 291 g/mol. The maximum atomic E-state index is 12.0. The molecule has 112 valence electrons. The number of aryl methyl sites for hydroxylation is 1. The molecule has 1 atom stereocenters. The number of hydrogen-bond donors (Lipinski definition) is 2. The molecule has 0 saturated carbocycles. The van der Waals surface area contributed by atoms with Crippen molar-refractivity contribution >= 4 is 11.9 Å². The van der Waals surface area contributed by atoms with Crippen molar-refractivity contribution in [3.8, 4) is 0 Å². The molecule has 21 heavy (non-hydrogen) atoms. The molecule has 0 spiro atoms. The van der Waals surface area contributed by atoms with Crippen LogP contribution in [0.1, 0.15) is 34.6 Å². The number of carbonyl (C=O) groups is 2. The summed E-state index contributed by atoms with van der Waals surface area (Å²) in [4.78, 5) is 22.9. The minimum atomic E-state index is -1.00. The smallest absolute Gasteiger partial charge is 0.328 e. The third-order valence-corrected chi connectivity index (χ3v) is 3.39. The normalized spacial score (nSPS) is 12.1. The molecule has 8 nitrogen and oxygen atoms in total. The highest BCUT2D eigenvalue weighted by Gasteiger charge is 2.16. The van der Waals surface area contributed by atoms with E-state index in [2.05, 4.69) is 15.5 Å². The van der Waals surface area contributed by atoms with Crippen LogP contribution in [0.25, 0.3) is 0 Å². The van der Waals surface area contributed by atoms with Crippen molar-refractivity contribution in [1.29, 1.82) is 0 Å². The second-order valence-electron chi connectivity index (χ2n) is 4.78. The van der Waals surface area contributed by atoms with Gasteiger partial charge in [0.2, 0.25) is 0 Å². The number of aromatic nitrogens is 4. The molecule has 2 heterocycles. The lowest BCUT2D eigenvalue weighted by molar-refractivity contribution is -0.140. The zero-order chi connectivity index (χ0) is 15.6. The Morgan fingerprint density at radius 1 is 1.38 bits per heavy atom. The fraction of sp³-hybridized carbons (Fsp3) is 0.385. The molecule has 0 aromatic carbocycles. The summed E-state index contributed by atoms with van der Waals surface area (Å²) >= 11 is 0. The van der Waals surface area contributed by atoms with Crippen LogP contribution in [0, 0.1) is 6.92 Å². The minimum absolute atomic E-state index is 0.304. The number of nitrogens with zero attached hydrogens (tertiary/aromatic N) is 4. The zero-order valence-corrected chi connectivity index (χ0v) is 12.1. The number of rotatable bonds is 5. The Bertz CT molecular complexity index is 673. The van der Waals surface area contributed by atoms with Crippen molar-refractivity contribution in [2.24, 2.45) is 7.05 Å². The van der Waals surface area contributed by atoms with Gasteiger partial charge >= 0.3 is 5.97 Å². The van der Waals surface area contributed by atoms with E-state index in [1.807, 2.05) is 14.0 Å².